The van der Waals surface area contributed by atoms with Gasteiger partial charge in [0.05, 0.1) is 19.2 Å². The molecule has 108 valence electrons. The highest BCUT2D eigenvalue weighted by Gasteiger charge is 2.22. The summed E-state index contributed by atoms with van der Waals surface area (Å²) >= 11 is 6.18. The Labute approximate surface area is 124 Å². The van der Waals surface area contributed by atoms with Gasteiger partial charge in [-0.2, -0.15) is 0 Å². The lowest BCUT2D eigenvalue weighted by Crippen LogP contribution is -2.18. The van der Waals surface area contributed by atoms with Crippen LogP contribution in [0.2, 0.25) is 5.02 Å². The fraction of sp³-hybridized carbons (Fsp3) is 0.438. The topological polar surface area (TPSA) is 35.5 Å². The van der Waals surface area contributed by atoms with Crippen LogP contribution < -0.4 is 9.47 Å². The van der Waals surface area contributed by atoms with Crippen molar-refractivity contribution in [3.8, 4) is 11.5 Å². The number of ether oxygens (including phenoxy) is 2. The molecule has 1 aliphatic carbocycles. The molecule has 1 aliphatic rings. The van der Waals surface area contributed by atoms with E-state index in [4.69, 9.17) is 21.1 Å². The summed E-state index contributed by atoms with van der Waals surface area (Å²) in [5.41, 5.74) is 1.73. The van der Waals surface area contributed by atoms with Crippen molar-refractivity contribution >= 4 is 23.5 Å². The second-order valence-electron chi connectivity index (χ2n) is 5.07. The van der Waals surface area contributed by atoms with Gasteiger partial charge >= 0.3 is 0 Å². The van der Waals surface area contributed by atoms with Crippen molar-refractivity contribution in [1.29, 1.82) is 0 Å². The summed E-state index contributed by atoms with van der Waals surface area (Å²) in [5.74, 6) is 1.44. The smallest absolute Gasteiger partial charge is 0.179 e. The standard InChI is InChI=1S/C16H19ClO3/c1-10-5-4-6-12(15(10)18)7-11-8-13(17)16(20-3)14(9-11)19-2/h7-10H,4-6H2,1-3H3/b12-7+/t10-/m1/s1. The van der Waals surface area contributed by atoms with Gasteiger partial charge in [0.2, 0.25) is 0 Å². The van der Waals surface area contributed by atoms with Crippen LogP contribution in [0.1, 0.15) is 31.7 Å². The molecule has 0 heterocycles. The number of carbonyl (C=O) groups excluding carboxylic acids is 1. The molecular formula is C16H19ClO3. The molecule has 4 heteroatoms. The lowest BCUT2D eigenvalue weighted by atomic mass is 9.84. The fourth-order valence-electron chi connectivity index (χ4n) is 2.54. The van der Waals surface area contributed by atoms with Crippen molar-refractivity contribution in [2.24, 2.45) is 5.92 Å². The molecule has 1 aromatic carbocycles. The minimum atomic E-state index is 0.116. The van der Waals surface area contributed by atoms with Crippen molar-refractivity contribution in [2.75, 3.05) is 14.2 Å². The van der Waals surface area contributed by atoms with Crippen LogP contribution in [0.15, 0.2) is 17.7 Å². The van der Waals surface area contributed by atoms with E-state index >= 15 is 0 Å². The number of hydrogen-bond acceptors (Lipinski definition) is 3. The van der Waals surface area contributed by atoms with Crippen molar-refractivity contribution < 1.29 is 14.3 Å². The predicted molar refractivity (Wildman–Crippen MR) is 80.6 cm³/mol. The Bertz CT molecular complexity index is 549. The van der Waals surface area contributed by atoms with E-state index in [2.05, 4.69) is 0 Å². The first-order valence-electron chi connectivity index (χ1n) is 6.73. The lowest BCUT2D eigenvalue weighted by molar-refractivity contribution is -0.119. The van der Waals surface area contributed by atoms with Gasteiger partial charge in [0.15, 0.2) is 17.3 Å². The Kier molecular flexibility index (Phi) is 4.71. The van der Waals surface area contributed by atoms with Crippen LogP contribution in [0.3, 0.4) is 0 Å². The Morgan fingerprint density at radius 1 is 1.30 bits per heavy atom. The van der Waals surface area contributed by atoms with Crippen LogP contribution in [0, 0.1) is 5.92 Å². The molecule has 1 fully saturated rings. The van der Waals surface area contributed by atoms with Crippen molar-refractivity contribution in [3.63, 3.8) is 0 Å². The molecule has 0 N–H and O–H groups in total. The minimum absolute atomic E-state index is 0.116. The molecule has 3 nitrogen and oxygen atoms in total. The predicted octanol–water partition coefficient (Wildman–Crippen LogP) is 4.13. The highest BCUT2D eigenvalue weighted by Crippen LogP contribution is 2.37. The van der Waals surface area contributed by atoms with Crippen molar-refractivity contribution in [2.45, 2.75) is 26.2 Å². The molecule has 0 bridgehead atoms. The van der Waals surface area contributed by atoms with Crippen molar-refractivity contribution in [1.82, 2.24) is 0 Å². The summed E-state index contributed by atoms with van der Waals surface area (Å²) < 4.78 is 10.5. The van der Waals surface area contributed by atoms with E-state index < -0.39 is 0 Å². The lowest BCUT2D eigenvalue weighted by Gasteiger charge is -2.19. The summed E-state index contributed by atoms with van der Waals surface area (Å²) in [6.45, 7) is 1.98. The second-order valence-corrected chi connectivity index (χ2v) is 5.47. The zero-order valence-electron chi connectivity index (χ0n) is 12.0. The first kappa shape index (κ1) is 14.9. The molecule has 0 amide bonds. The van der Waals surface area contributed by atoms with Gasteiger partial charge in [0.25, 0.3) is 0 Å². The Balaban J connectivity index is 2.38. The van der Waals surface area contributed by atoms with E-state index in [1.165, 1.54) is 0 Å². The van der Waals surface area contributed by atoms with E-state index in [0.29, 0.717) is 16.5 Å². The molecule has 0 aliphatic heterocycles. The molecule has 1 aromatic rings. The van der Waals surface area contributed by atoms with Crippen LogP contribution in [-0.2, 0) is 4.79 Å². The van der Waals surface area contributed by atoms with Gasteiger partial charge in [-0.25, -0.2) is 0 Å². The van der Waals surface area contributed by atoms with Crippen molar-refractivity contribution in [3.05, 3.63) is 28.3 Å². The normalized spacial score (nSPS) is 21.1. The summed E-state index contributed by atoms with van der Waals surface area (Å²) in [7, 11) is 3.12. The fourth-order valence-corrected chi connectivity index (χ4v) is 2.83. The maximum absolute atomic E-state index is 12.1. The second kappa shape index (κ2) is 6.31. The maximum atomic E-state index is 12.1. The Morgan fingerprint density at radius 3 is 2.70 bits per heavy atom. The molecule has 0 unspecified atom stereocenters. The number of halogens is 1. The summed E-state index contributed by atoms with van der Waals surface area (Å²) in [5, 5.41) is 0.481. The zero-order valence-corrected chi connectivity index (χ0v) is 12.8. The maximum Gasteiger partial charge on any atom is 0.179 e. The van der Waals surface area contributed by atoms with Crippen LogP contribution in [-0.4, -0.2) is 20.0 Å². The van der Waals surface area contributed by atoms with Gasteiger partial charge in [-0.05, 0) is 48.6 Å². The number of rotatable bonds is 3. The highest BCUT2D eigenvalue weighted by molar-refractivity contribution is 6.32. The number of Topliss-reactive ketones (excluding diaryl/α,β-unsaturated/α-hetero) is 1. The van der Waals surface area contributed by atoms with E-state index in [1.807, 2.05) is 19.1 Å². The molecule has 0 aromatic heterocycles. The molecule has 0 radical (unpaired) electrons. The van der Waals surface area contributed by atoms with Gasteiger partial charge in [-0.3, -0.25) is 4.79 Å². The van der Waals surface area contributed by atoms with Crippen LogP contribution in [0.5, 0.6) is 11.5 Å². The molecule has 0 spiro atoms. The van der Waals surface area contributed by atoms with Gasteiger partial charge in [0.1, 0.15) is 0 Å². The van der Waals surface area contributed by atoms with Crippen LogP contribution >= 0.6 is 11.6 Å². The number of methoxy groups -OCH3 is 2. The summed E-state index contributed by atoms with van der Waals surface area (Å²) in [4.78, 5) is 12.1. The zero-order chi connectivity index (χ0) is 14.7. The molecule has 2 rings (SSSR count). The summed E-state index contributed by atoms with van der Waals surface area (Å²) in [6, 6.07) is 3.63. The quantitative estimate of drug-likeness (QED) is 0.786. The summed E-state index contributed by atoms with van der Waals surface area (Å²) in [6.07, 6.45) is 4.77. The highest BCUT2D eigenvalue weighted by atomic mass is 35.5. The van der Waals surface area contributed by atoms with Gasteiger partial charge in [-0.15, -0.1) is 0 Å². The van der Waals surface area contributed by atoms with Gasteiger partial charge in [-0.1, -0.05) is 18.5 Å². The van der Waals surface area contributed by atoms with Crippen LogP contribution in [0.25, 0.3) is 6.08 Å². The molecule has 1 saturated carbocycles. The largest absolute Gasteiger partial charge is 0.493 e. The first-order chi connectivity index (χ1) is 9.56. The third-order valence-corrected chi connectivity index (χ3v) is 3.92. The average molecular weight is 295 g/mol. The van der Waals surface area contributed by atoms with Gasteiger partial charge in [0, 0.05) is 5.92 Å². The third-order valence-electron chi connectivity index (χ3n) is 3.64. The number of benzene rings is 1. The SMILES string of the molecule is COc1cc(/C=C2\CCC[C@@H](C)C2=O)cc(Cl)c1OC. The number of hydrogen-bond donors (Lipinski definition) is 0. The number of ketones is 1. The third kappa shape index (κ3) is 2.98. The molecular weight excluding hydrogens is 276 g/mol. The Hall–Kier alpha value is -1.48. The minimum Gasteiger partial charge on any atom is -0.493 e. The molecule has 20 heavy (non-hydrogen) atoms. The number of carbonyl (C=O) groups is 1. The van der Waals surface area contributed by atoms with E-state index in [-0.39, 0.29) is 11.7 Å². The monoisotopic (exact) mass is 294 g/mol. The Morgan fingerprint density at radius 2 is 2.05 bits per heavy atom. The first-order valence-corrected chi connectivity index (χ1v) is 7.11. The number of allylic oxidation sites excluding steroid dienone is 1. The van der Waals surface area contributed by atoms with E-state index in [9.17, 15) is 4.79 Å². The van der Waals surface area contributed by atoms with Crippen LogP contribution in [0.4, 0.5) is 0 Å². The van der Waals surface area contributed by atoms with E-state index in [0.717, 1.165) is 30.4 Å². The molecule has 0 saturated heterocycles. The average Bonchev–Trinajstić information content (AvgIpc) is 2.43. The molecule has 1 atom stereocenters. The van der Waals surface area contributed by atoms with E-state index in [1.54, 1.807) is 20.3 Å². The van der Waals surface area contributed by atoms with Gasteiger partial charge < -0.3 is 9.47 Å².